The smallest absolute Gasteiger partial charge is 0.270 e. The van der Waals surface area contributed by atoms with Crippen LogP contribution in [0, 0.1) is 5.92 Å². The zero-order chi connectivity index (χ0) is 19.1. The summed E-state index contributed by atoms with van der Waals surface area (Å²) in [7, 11) is 4.80. The third-order valence-electron chi connectivity index (χ3n) is 6.25. The van der Waals surface area contributed by atoms with Crippen LogP contribution in [0.4, 0.5) is 0 Å². The third kappa shape index (κ3) is 2.82. The molecular weight excluding hydrogens is 344 g/mol. The van der Waals surface area contributed by atoms with Crippen molar-refractivity contribution >= 4 is 16.8 Å². The van der Waals surface area contributed by atoms with Crippen LogP contribution in [0.1, 0.15) is 49.5 Å². The van der Waals surface area contributed by atoms with Crippen LogP contribution in [0.15, 0.2) is 12.1 Å². The molecule has 1 amide bonds. The Balaban J connectivity index is 1.76. The molecular formula is C21H28N2O4. The van der Waals surface area contributed by atoms with Crippen molar-refractivity contribution in [3.63, 3.8) is 0 Å². The SMILES string of the molecule is COc1cc(OC)c2cc(C(=O)N3[C@H](C)C[C@@H]4CCCC[C@@H]43)[nH]c2c1OC. The van der Waals surface area contributed by atoms with Crippen LogP contribution in [0.3, 0.4) is 0 Å². The molecule has 1 aliphatic heterocycles. The Bertz CT molecular complexity index is 859. The van der Waals surface area contributed by atoms with E-state index in [0.717, 1.165) is 23.7 Å². The standard InChI is InChI=1S/C21H28N2O4/c1-12-9-13-7-5-6-8-16(13)23(12)21(24)15-10-14-17(25-2)11-18(26-3)20(27-4)19(14)22-15/h10-13,16,22H,5-9H2,1-4H3/t12-,13+,16+/m1/s1. The van der Waals surface area contributed by atoms with E-state index in [9.17, 15) is 4.79 Å². The molecule has 6 nitrogen and oxygen atoms in total. The van der Waals surface area contributed by atoms with Gasteiger partial charge < -0.3 is 24.1 Å². The van der Waals surface area contributed by atoms with E-state index in [1.807, 2.05) is 6.07 Å². The quantitative estimate of drug-likeness (QED) is 0.881. The number of rotatable bonds is 4. The van der Waals surface area contributed by atoms with Crippen molar-refractivity contribution in [2.45, 2.75) is 51.1 Å². The van der Waals surface area contributed by atoms with Crippen LogP contribution in [0.2, 0.25) is 0 Å². The van der Waals surface area contributed by atoms with Gasteiger partial charge in [0.25, 0.3) is 5.91 Å². The molecule has 1 saturated heterocycles. The zero-order valence-corrected chi connectivity index (χ0v) is 16.5. The molecule has 2 aromatic rings. The lowest BCUT2D eigenvalue weighted by Crippen LogP contribution is -2.42. The van der Waals surface area contributed by atoms with E-state index in [1.165, 1.54) is 19.3 Å². The number of hydrogen-bond acceptors (Lipinski definition) is 4. The molecule has 0 bridgehead atoms. The Morgan fingerprint density at radius 2 is 1.81 bits per heavy atom. The molecule has 0 unspecified atom stereocenters. The number of benzene rings is 1. The third-order valence-corrected chi connectivity index (χ3v) is 6.25. The van der Waals surface area contributed by atoms with E-state index in [2.05, 4.69) is 16.8 Å². The van der Waals surface area contributed by atoms with Gasteiger partial charge in [0.15, 0.2) is 11.5 Å². The molecule has 2 aliphatic rings. The first-order valence-corrected chi connectivity index (χ1v) is 9.73. The van der Waals surface area contributed by atoms with Crippen LogP contribution in [0.25, 0.3) is 10.9 Å². The number of nitrogens with one attached hydrogen (secondary N) is 1. The van der Waals surface area contributed by atoms with Crippen molar-refractivity contribution in [2.75, 3.05) is 21.3 Å². The highest BCUT2D eigenvalue weighted by atomic mass is 16.5. The molecule has 1 saturated carbocycles. The fourth-order valence-electron chi connectivity index (χ4n) is 5.05. The molecule has 0 spiro atoms. The normalized spacial score (nSPS) is 24.7. The van der Waals surface area contributed by atoms with E-state index in [-0.39, 0.29) is 11.9 Å². The molecule has 27 heavy (non-hydrogen) atoms. The summed E-state index contributed by atoms with van der Waals surface area (Å²) >= 11 is 0. The fraction of sp³-hybridized carbons (Fsp3) is 0.571. The number of aromatic amines is 1. The lowest BCUT2D eigenvalue weighted by Gasteiger charge is -2.33. The number of H-pyrrole nitrogens is 1. The van der Waals surface area contributed by atoms with Gasteiger partial charge >= 0.3 is 0 Å². The van der Waals surface area contributed by atoms with Crippen molar-refractivity contribution in [3.8, 4) is 17.2 Å². The van der Waals surface area contributed by atoms with E-state index in [0.29, 0.717) is 34.9 Å². The minimum Gasteiger partial charge on any atom is -0.496 e. The lowest BCUT2D eigenvalue weighted by atomic mass is 9.85. The number of aromatic nitrogens is 1. The topological polar surface area (TPSA) is 63.8 Å². The van der Waals surface area contributed by atoms with Gasteiger partial charge in [0.05, 0.1) is 26.8 Å². The number of carbonyl (C=O) groups is 1. The maximum atomic E-state index is 13.4. The summed E-state index contributed by atoms with van der Waals surface area (Å²) < 4.78 is 16.5. The first-order chi connectivity index (χ1) is 13.1. The Hall–Kier alpha value is -2.37. The number of methoxy groups -OCH3 is 3. The van der Waals surface area contributed by atoms with Gasteiger partial charge in [-0.15, -0.1) is 0 Å². The van der Waals surface area contributed by atoms with Crippen LogP contribution in [-0.4, -0.2) is 49.2 Å². The summed E-state index contributed by atoms with van der Waals surface area (Å²) in [5.74, 6) is 2.52. The minimum absolute atomic E-state index is 0.0659. The highest BCUT2D eigenvalue weighted by Crippen LogP contribution is 2.43. The minimum atomic E-state index is 0.0659. The van der Waals surface area contributed by atoms with Crippen molar-refractivity contribution in [1.29, 1.82) is 0 Å². The van der Waals surface area contributed by atoms with Crippen molar-refractivity contribution < 1.29 is 19.0 Å². The van der Waals surface area contributed by atoms with Gasteiger partial charge in [-0.1, -0.05) is 12.8 Å². The molecule has 3 atom stereocenters. The molecule has 2 heterocycles. The average molecular weight is 372 g/mol. The largest absolute Gasteiger partial charge is 0.496 e. The Kier molecular flexibility index (Phi) is 4.66. The molecule has 1 aliphatic carbocycles. The molecule has 1 N–H and O–H groups in total. The molecule has 146 valence electrons. The summed E-state index contributed by atoms with van der Waals surface area (Å²) in [5.41, 5.74) is 1.30. The van der Waals surface area contributed by atoms with Crippen LogP contribution in [0.5, 0.6) is 17.2 Å². The summed E-state index contributed by atoms with van der Waals surface area (Å²) in [6, 6.07) is 4.31. The van der Waals surface area contributed by atoms with Gasteiger partial charge in [-0.05, 0) is 38.2 Å². The highest BCUT2D eigenvalue weighted by molar-refractivity contribution is 6.02. The first kappa shape index (κ1) is 18.0. The summed E-state index contributed by atoms with van der Waals surface area (Å²) in [5, 5.41) is 0.825. The maximum Gasteiger partial charge on any atom is 0.270 e. The number of amides is 1. The van der Waals surface area contributed by atoms with E-state index >= 15 is 0 Å². The van der Waals surface area contributed by atoms with Crippen molar-refractivity contribution in [2.24, 2.45) is 5.92 Å². The Labute approximate surface area is 159 Å². The summed E-state index contributed by atoms with van der Waals surface area (Å²) in [6.45, 7) is 2.17. The molecule has 2 fully saturated rings. The van der Waals surface area contributed by atoms with Gasteiger partial charge in [0.2, 0.25) is 0 Å². The second-order valence-electron chi connectivity index (χ2n) is 7.70. The van der Waals surface area contributed by atoms with Crippen molar-refractivity contribution in [1.82, 2.24) is 9.88 Å². The summed E-state index contributed by atoms with van der Waals surface area (Å²) in [4.78, 5) is 18.8. The molecule has 6 heteroatoms. The van der Waals surface area contributed by atoms with Crippen LogP contribution in [-0.2, 0) is 0 Å². The Morgan fingerprint density at radius 3 is 2.52 bits per heavy atom. The molecule has 4 rings (SSSR count). The molecule has 1 aromatic heterocycles. The Morgan fingerprint density at radius 1 is 1.07 bits per heavy atom. The lowest BCUT2D eigenvalue weighted by molar-refractivity contribution is 0.0628. The first-order valence-electron chi connectivity index (χ1n) is 9.73. The molecule has 0 radical (unpaired) electrons. The van der Waals surface area contributed by atoms with Gasteiger partial charge in [-0.3, -0.25) is 4.79 Å². The highest BCUT2D eigenvalue weighted by Gasteiger charge is 2.43. The van der Waals surface area contributed by atoms with Crippen LogP contribution >= 0.6 is 0 Å². The number of carbonyl (C=O) groups excluding carboxylic acids is 1. The van der Waals surface area contributed by atoms with Gasteiger partial charge in [0.1, 0.15) is 11.4 Å². The fourth-order valence-corrected chi connectivity index (χ4v) is 5.05. The van der Waals surface area contributed by atoms with E-state index in [4.69, 9.17) is 14.2 Å². The van der Waals surface area contributed by atoms with Crippen LogP contribution < -0.4 is 14.2 Å². The summed E-state index contributed by atoms with van der Waals surface area (Å²) in [6.07, 6.45) is 5.96. The predicted octanol–water partition coefficient (Wildman–Crippen LogP) is 3.99. The number of fused-ring (bicyclic) bond motifs is 2. The van der Waals surface area contributed by atoms with Gasteiger partial charge in [0, 0.05) is 23.5 Å². The number of hydrogen-bond donors (Lipinski definition) is 1. The zero-order valence-electron chi connectivity index (χ0n) is 16.5. The van der Waals surface area contributed by atoms with Gasteiger partial charge in [-0.25, -0.2) is 0 Å². The van der Waals surface area contributed by atoms with Gasteiger partial charge in [-0.2, -0.15) is 0 Å². The van der Waals surface area contributed by atoms with E-state index in [1.54, 1.807) is 27.4 Å². The van der Waals surface area contributed by atoms with Crippen molar-refractivity contribution in [3.05, 3.63) is 17.8 Å². The predicted molar refractivity (Wildman–Crippen MR) is 104 cm³/mol. The second kappa shape index (κ2) is 6.98. The monoisotopic (exact) mass is 372 g/mol. The average Bonchev–Trinajstić information content (AvgIpc) is 3.26. The number of ether oxygens (including phenoxy) is 3. The van der Waals surface area contributed by atoms with E-state index < -0.39 is 0 Å². The number of nitrogens with zero attached hydrogens (tertiary/aromatic N) is 1. The maximum absolute atomic E-state index is 13.4. The molecule has 1 aromatic carbocycles. The second-order valence-corrected chi connectivity index (χ2v) is 7.70. The number of likely N-dealkylation sites (tertiary alicyclic amines) is 1.